The van der Waals surface area contributed by atoms with Crippen molar-refractivity contribution in [3.05, 3.63) is 24.3 Å². The third-order valence-electron chi connectivity index (χ3n) is 2.46. The zero-order valence-corrected chi connectivity index (χ0v) is 10.2. The molecule has 86 valence electrons. The predicted molar refractivity (Wildman–Crippen MR) is 66.9 cm³/mol. The summed E-state index contributed by atoms with van der Waals surface area (Å²) in [5.41, 5.74) is 0.869. The van der Waals surface area contributed by atoms with Gasteiger partial charge < -0.3 is 10.1 Å². The van der Waals surface area contributed by atoms with Crippen molar-refractivity contribution in [1.29, 1.82) is 0 Å². The minimum absolute atomic E-state index is 0.0266. The predicted octanol–water partition coefficient (Wildman–Crippen LogP) is 1.65. The van der Waals surface area contributed by atoms with Gasteiger partial charge in [-0.15, -0.1) is 0 Å². The van der Waals surface area contributed by atoms with E-state index in [9.17, 15) is 4.79 Å². The number of carbonyl (C=O) groups is 1. The Balaban J connectivity index is 2.03. The van der Waals surface area contributed by atoms with Crippen LogP contribution in [0, 0.1) is 0 Å². The number of hydrogen-bond acceptors (Lipinski definition) is 2. The molecule has 1 saturated heterocycles. The summed E-state index contributed by atoms with van der Waals surface area (Å²) in [6.45, 7) is 3.27. The zero-order chi connectivity index (χ0) is 11.4. The molecule has 0 spiro atoms. The van der Waals surface area contributed by atoms with E-state index in [1.807, 2.05) is 12.1 Å². The van der Waals surface area contributed by atoms with Crippen LogP contribution in [0.3, 0.4) is 0 Å². The van der Waals surface area contributed by atoms with Crippen molar-refractivity contribution in [2.45, 2.75) is 11.8 Å². The molecule has 1 fully saturated rings. The molecule has 1 aliphatic heterocycles. The average molecular weight is 238 g/mol. The van der Waals surface area contributed by atoms with Crippen molar-refractivity contribution >= 4 is 22.5 Å². The second-order valence-electron chi connectivity index (χ2n) is 3.72. The lowest BCUT2D eigenvalue weighted by molar-refractivity contribution is -0.114. The third kappa shape index (κ3) is 3.00. The molecule has 1 aromatic carbocycles. The molecule has 1 N–H and O–H groups in total. The van der Waals surface area contributed by atoms with Crippen LogP contribution in [0.5, 0.6) is 0 Å². The maximum absolute atomic E-state index is 10.9. The number of ether oxygens (including phenoxy) is 1. The largest absolute Gasteiger partial charge is 0.372 e. The number of hydrogen-bond donors (Lipinski definition) is 1. The highest BCUT2D eigenvalue weighted by Gasteiger charge is 2.24. The maximum Gasteiger partial charge on any atom is 0.221 e. The van der Waals surface area contributed by atoms with Crippen LogP contribution in [0.1, 0.15) is 6.92 Å². The molecule has 16 heavy (non-hydrogen) atoms. The Morgan fingerprint density at radius 3 is 2.44 bits per heavy atom. The second-order valence-corrected chi connectivity index (χ2v) is 5.99. The molecular formula is C12H16NO2S+. The molecule has 0 atom stereocenters. The Labute approximate surface area is 98.5 Å². The Kier molecular flexibility index (Phi) is 3.85. The molecule has 3 nitrogen and oxygen atoms in total. The van der Waals surface area contributed by atoms with Crippen molar-refractivity contribution in [2.24, 2.45) is 0 Å². The minimum atomic E-state index is -0.0266. The highest BCUT2D eigenvalue weighted by atomic mass is 32.2. The standard InChI is InChI=1S/C12H15NO2S/c1-10(14)13-11-2-4-12(5-3-11)16-8-6-15-7-9-16/h2-5H,6-9H2,1H3/p+1. The van der Waals surface area contributed by atoms with Crippen LogP contribution in [-0.2, 0) is 20.4 Å². The summed E-state index contributed by atoms with van der Waals surface area (Å²) < 4.78 is 5.35. The van der Waals surface area contributed by atoms with Crippen molar-refractivity contribution in [3.8, 4) is 0 Å². The van der Waals surface area contributed by atoms with E-state index in [4.69, 9.17) is 4.74 Å². The first-order valence-electron chi connectivity index (χ1n) is 5.38. The summed E-state index contributed by atoms with van der Waals surface area (Å²) in [5.74, 6) is 2.22. The summed E-state index contributed by atoms with van der Waals surface area (Å²) in [6.07, 6.45) is 0. The first-order valence-corrected chi connectivity index (χ1v) is 6.95. The van der Waals surface area contributed by atoms with Crippen molar-refractivity contribution in [1.82, 2.24) is 0 Å². The average Bonchev–Trinajstić information content (AvgIpc) is 2.30. The number of nitrogens with one attached hydrogen (secondary N) is 1. The minimum Gasteiger partial charge on any atom is -0.372 e. The summed E-state index contributed by atoms with van der Waals surface area (Å²) in [5, 5.41) is 2.77. The number of anilines is 1. The number of carbonyl (C=O) groups excluding carboxylic acids is 1. The fourth-order valence-corrected chi connectivity index (χ4v) is 3.53. The van der Waals surface area contributed by atoms with E-state index in [2.05, 4.69) is 17.4 Å². The molecule has 1 aromatic rings. The molecule has 0 saturated carbocycles. The van der Waals surface area contributed by atoms with E-state index in [-0.39, 0.29) is 5.91 Å². The van der Waals surface area contributed by atoms with Crippen molar-refractivity contribution in [2.75, 3.05) is 30.0 Å². The summed E-state index contributed by atoms with van der Waals surface area (Å²) >= 11 is 0. The van der Waals surface area contributed by atoms with Gasteiger partial charge in [-0.3, -0.25) is 4.79 Å². The van der Waals surface area contributed by atoms with E-state index in [1.54, 1.807) is 0 Å². The highest BCUT2D eigenvalue weighted by Crippen LogP contribution is 2.19. The fourth-order valence-electron chi connectivity index (χ4n) is 1.69. The van der Waals surface area contributed by atoms with Gasteiger partial charge in [-0.1, -0.05) is 0 Å². The van der Waals surface area contributed by atoms with E-state index >= 15 is 0 Å². The Morgan fingerprint density at radius 1 is 1.25 bits per heavy atom. The zero-order valence-electron chi connectivity index (χ0n) is 9.36. The van der Waals surface area contributed by atoms with Crippen LogP contribution in [0.4, 0.5) is 5.69 Å². The first kappa shape index (κ1) is 11.5. The SMILES string of the molecule is CC(=O)Nc1ccc([S+]2CCOCC2)cc1. The van der Waals surface area contributed by atoms with Gasteiger partial charge in [0, 0.05) is 23.5 Å². The third-order valence-corrected chi connectivity index (χ3v) is 4.71. The van der Waals surface area contributed by atoms with E-state index in [1.165, 1.54) is 11.8 Å². The molecule has 1 heterocycles. The number of benzene rings is 1. The van der Waals surface area contributed by atoms with Crippen LogP contribution in [0.15, 0.2) is 29.2 Å². The monoisotopic (exact) mass is 238 g/mol. The van der Waals surface area contributed by atoms with Crippen LogP contribution in [0.2, 0.25) is 0 Å². The molecule has 0 aliphatic carbocycles. The molecular weight excluding hydrogens is 222 g/mol. The number of amides is 1. The highest BCUT2D eigenvalue weighted by molar-refractivity contribution is 7.97. The van der Waals surface area contributed by atoms with Crippen LogP contribution in [-0.4, -0.2) is 30.6 Å². The van der Waals surface area contributed by atoms with Crippen LogP contribution in [0.25, 0.3) is 0 Å². The van der Waals surface area contributed by atoms with Crippen LogP contribution >= 0.6 is 0 Å². The van der Waals surface area contributed by atoms with Gasteiger partial charge in [0.1, 0.15) is 11.5 Å². The molecule has 0 bridgehead atoms. The van der Waals surface area contributed by atoms with E-state index < -0.39 is 0 Å². The quantitative estimate of drug-likeness (QED) is 0.796. The van der Waals surface area contributed by atoms with Gasteiger partial charge in [-0.25, -0.2) is 0 Å². The van der Waals surface area contributed by atoms with Crippen molar-refractivity contribution < 1.29 is 9.53 Å². The van der Waals surface area contributed by atoms with Gasteiger partial charge in [-0.2, -0.15) is 0 Å². The second kappa shape index (κ2) is 5.37. The molecule has 0 radical (unpaired) electrons. The lowest BCUT2D eigenvalue weighted by atomic mass is 10.3. The maximum atomic E-state index is 10.9. The summed E-state index contributed by atoms with van der Waals surface area (Å²) in [4.78, 5) is 12.2. The lowest BCUT2D eigenvalue weighted by Crippen LogP contribution is -2.26. The van der Waals surface area contributed by atoms with Gasteiger partial charge in [0.05, 0.1) is 13.2 Å². The van der Waals surface area contributed by atoms with E-state index in [0.29, 0.717) is 10.9 Å². The smallest absolute Gasteiger partial charge is 0.221 e. The van der Waals surface area contributed by atoms with Crippen LogP contribution < -0.4 is 5.32 Å². The van der Waals surface area contributed by atoms with E-state index in [0.717, 1.165) is 30.4 Å². The first-order chi connectivity index (χ1) is 7.75. The Bertz CT molecular complexity index is 358. The van der Waals surface area contributed by atoms with Gasteiger partial charge in [0.15, 0.2) is 4.90 Å². The molecule has 4 heteroatoms. The molecule has 0 aromatic heterocycles. The molecule has 1 aliphatic rings. The van der Waals surface area contributed by atoms with Gasteiger partial charge >= 0.3 is 0 Å². The lowest BCUT2D eigenvalue weighted by Gasteiger charge is -2.14. The normalized spacial score (nSPS) is 17.1. The Hall–Kier alpha value is -1.00. The molecule has 1 amide bonds. The Morgan fingerprint density at radius 2 is 1.88 bits per heavy atom. The molecule has 2 rings (SSSR count). The van der Waals surface area contributed by atoms with Crippen molar-refractivity contribution in [3.63, 3.8) is 0 Å². The van der Waals surface area contributed by atoms with Gasteiger partial charge in [-0.05, 0) is 24.3 Å². The number of rotatable bonds is 2. The molecule has 0 unspecified atom stereocenters. The fraction of sp³-hybridized carbons (Fsp3) is 0.417. The topological polar surface area (TPSA) is 38.3 Å². The van der Waals surface area contributed by atoms with Gasteiger partial charge in [0.25, 0.3) is 0 Å². The van der Waals surface area contributed by atoms with Gasteiger partial charge in [0.2, 0.25) is 5.91 Å². The summed E-state index contributed by atoms with van der Waals surface area (Å²) in [7, 11) is 0.333. The summed E-state index contributed by atoms with van der Waals surface area (Å²) in [6, 6.07) is 8.16.